The van der Waals surface area contributed by atoms with Crippen molar-refractivity contribution in [1.29, 1.82) is 0 Å². The van der Waals surface area contributed by atoms with E-state index in [0.717, 1.165) is 16.5 Å². The largest absolute Gasteiger partial charge is 0.497 e. The molecule has 0 atom stereocenters. The molecule has 1 aromatic heterocycles. The van der Waals surface area contributed by atoms with E-state index in [9.17, 15) is 8.42 Å². The maximum Gasteiger partial charge on any atom is 0.241 e. The van der Waals surface area contributed by atoms with E-state index in [4.69, 9.17) is 4.74 Å². The molecule has 2 aromatic carbocycles. The first-order valence-electron chi connectivity index (χ1n) is 8.01. The lowest BCUT2D eigenvalue weighted by Crippen LogP contribution is -2.24. The molecule has 0 aliphatic carbocycles. The van der Waals surface area contributed by atoms with Crippen LogP contribution in [-0.4, -0.2) is 20.1 Å². The summed E-state index contributed by atoms with van der Waals surface area (Å²) >= 11 is 0. The van der Waals surface area contributed by atoms with E-state index in [1.165, 1.54) is 0 Å². The standard InChI is InChI=1S/C19H22N2O3S/c1-13-9-16(24-4)10-14(2)19(13)25(22,23)20-11-15-12-21(3)18-8-6-5-7-17(15)18/h5-10,12,20H,11H2,1-4H3. The van der Waals surface area contributed by atoms with Gasteiger partial charge in [-0.1, -0.05) is 18.2 Å². The first-order valence-corrected chi connectivity index (χ1v) is 9.49. The number of para-hydroxylation sites is 1. The maximum absolute atomic E-state index is 12.8. The van der Waals surface area contributed by atoms with E-state index >= 15 is 0 Å². The molecular formula is C19H22N2O3S. The van der Waals surface area contributed by atoms with Crippen LogP contribution < -0.4 is 9.46 Å². The van der Waals surface area contributed by atoms with Gasteiger partial charge in [0, 0.05) is 30.7 Å². The third kappa shape index (κ3) is 3.27. The SMILES string of the molecule is COc1cc(C)c(S(=O)(=O)NCc2cn(C)c3ccccc23)c(C)c1. The van der Waals surface area contributed by atoms with Crippen LogP contribution in [0.5, 0.6) is 5.75 Å². The van der Waals surface area contributed by atoms with Crippen LogP contribution >= 0.6 is 0 Å². The number of methoxy groups -OCH3 is 1. The van der Waals surface area contributed by atoms with E-state index in [-0.39, 0.29) is 6.54 Å². The van der Waals surface area contributed by atoms with Crippen LogP contribution in [0.4, 0.5) is 0 Å². The fourth-order valence-corrected chi connectivity index (χ4v) is 4.72. The summed E-state index contributed by atoms with van der Waals surface area (Å²) in [5.74, 6) is 0.656. The van der Waals surface area contributed by atoms with Crippen LogP contribution in [0.2, 0.25) is 0 Å². The molecule has 6 heteroatoms. The third-order valence-corrected chi connectivity index (χ3v) is 6.08. The van der Waals surface area contributed by atoms with E-state index in [2.05, 4.69) is 4.72 Å². The number of rotatable bonds is 5. The predicted molar refractivity (Wildman–Crippen MR) is 99.4 cm³/mol. The van der Waals surface area contributed by atoms with Gasteiger partial charge in [0.2, 0.25) is 10.0 Å². The average Bonchev–Trinajstić information content (AvgIpc) is 2.89. The molecule has 0 aliphatic heterocycles. The monoisotopic (exact) mass is 358 g/mol. The molecule has 0 saturated heterocycles. The zero-order chi connectivity index (χ0) is 18.2. The van der Waals surface area contributed by atoms with E-state index < -0.39 is 10.0 Å². The lowest BCUT2D eigenvalue weighted by atomic mass is 10.1. The van der Waals surface area contributed by atoms with Crippen LogP contribution in [0.1, 0.15) is 16.7 Å². The average molecular weight is 358 g/mol. The number of aryl methyl sites for hydroxylation is 3. The van der Waals surface area contributed by atoms with E-state index in [1.54, 1.807) is 33.1 Å². The van der Waals surface area contributed by atoms with Gasteiger partial charge in [-0.05, 0) is 48.7 Å². The number of hydrogen-bond acceptors (Lipinski definition) is 3. The van der Waals surface area contributed by atoms with Crippen LogP contribution in [0, 0.1) is 13.8 Å². The van der Waals surface area contributed by atoms with Crippen molar-refractivity contribution in [2.45, 2.75) is 25.3 Å². The molecule has 1 heterocycles. The van der Waals surface area contributed by atoms with Crippen LogP contribution in [0.15, 0.2) is 47.5 Å². The summed E-state index contributed by atoms with van der Waals surface area (Å²) in [7, 11) is -0.0920. The van der Waals surface area contributed by atoms with Gasteiger partial charge in [-0.2, -0.15) is 0 Å². The Hall–Kier alpha value is -2.31. The zero-order valence-electron chi connectivity index (χ0n) is 14.8. The van der Waals surface area contributed by atoms with Crippen LogP contribution in [0.3, 0.4) is 0 Å². The first-order chi connectivity index (χ1) is 11.8. The molecule has 0 amide bonds. The van der Waals surface area contributed by atoms with Gasteiger partial charge < -0.3 is 9.30 Å². The Labute approximate surface area is 148 Å². The van der Waals surface area contributed by atoms with Crippen molar-refractivity contribution in [3.05, 3.63) is 59.3 Å². The number of sulfonamides is 1. The number of benzene rings is 2. The first kappa shape index (κ1) is 17.5. The summed E-state index contributed by atoms with van der Waals surface area (Å²) in [5.41, 5.74) is 3.36. The Morgan fingerprint density at radius 1 is 1.12 bits per heavy atom. The number of aromatic nitrogens is 1. The lowest BCUT2D eigenvalue weighted by molar-refractivity contribution is 0.413. The molecule has 0 radical (unpaired) electrons. The zero-order valence-corrected chi connectivity index (χ0v) is 15.6. The number of ether oxygens (including phenoxy) is 1. The summed E-state index contributed by atoms with van der Waals surface area (Å²) in [6, 6.07) is 11.4. The molecule has 5 nitrogen and oxygen atoms in total. The van der Waals surface area contributed by atoms with Gasteiger partial charge in [-0.15, -0.1) is 0 Å². The minimum absolute atomic E-state index is 0.245. The number of hydrogen-bond donors (Lipinski definition) is 1. The highest BCUT2D eigenvalue weighted by atomic mass is 32.2. The van der Waals surface area contributed by atoms with Crippen LogP contribution in [0.25, 0.3) is 10.9 Å². The summed E-state index contributed by atoms with van der Waals surface area (Å²) in [5, 5.41) is 1.05. The minimum atomic E-state index is -3.62. The molecule has 0 unspecified atom stereocenters. The van der Waals surface area contributed by atoms with Crippen molar-refractivity contribution in [3.8, 4) is 5.75 Å². The predicted octanol–water partition coefficient (Wildman–Crippen LogP) is 3.28. The lowest BCUT2D eigenvalue weighted by Gasteiger charge is -2.13. The van der Waals surface area contributed by atoms with Crippen molar-refractivity contribution in [2.24, 2.45) is 7.05 Å². The Morgan fingerprint density at radius 3 is 2.40 bits per heavy atom. The van der Waals surface area contributed by atoms with Gasteiger partial charge in [0.15, 0.2) is 0 Å². The van der Waals surface area contributed by atoms with Crippen molar-refractivity contribution in [1.82, 2.24) is 9.29 Å². The molecule has 3 aromatic rings. The number of fused-ring (bicyclic) bond motifs is 1. The maximum atomic E-state index is 12.8. The van der Waals surface area contributed by atoms with Gasteiger partial charge in [-0.3, -0.25) is 0 Å². The van der Waals surface area contributed by atoms with Crippen molar-refractivity contribution in [2.75, 3.05) is 7.11 Å². The molecule has 0 saturated carbocycles. The van der Waals surface area contributed by atoms with Crippen LogP contribution in [-0.2, 0) is 23.6 Å². The molecule has 0 bridgehead atoms. The molecule has 0 spiro atoms. The topological polar surface area (TPSA) is 60.3 Å². The molecule has 0 fully saturated rings. The van der Waals surface area contributed by atoms with Gasteiger partial charge >= 0.3 is 0 Å². The normalized spacial score (nSPS) is 11.8. The quantitative estimate of drug-likeness (QED) is 0.761. The van der Waals surface area contributed by atoms with Crippen molar-refractivity contribution < 1.29 is 13.2 Å². The Kier molecular flexibility index (Phi) is 4.58. The second-order valence-corrected chi connectivity index (χ2v) is 7.90. The summed E-state index contributed by atoms with van der Waals surface area (Å²) in [4.78, 5) is 0.313. The second-order valence-electron chi connectivity index (χ2n) is 6.20. The highest BCUT2D eigenvalue weighted by Crippen LogP contribution is 2.26. The molecule has 132 valence electrons. The summed E-state index contributed by atoms with van der Waals surface area (Å²) < 4.78 is 35.6. The van der Waals surface area contributed by atoms with Crippen molar-refractivity contribution >= 4 is 20.9 Å². The van der Waals surface area contributed by atoms with Gasteiger partial charge in [0.1, 0.15) is 5.75 Å². The minimum Gasteiger partial charge on any atom is -0.497 e. The third-order valence-electron chi connectivity index (χ3n) is 4.37. The Morgan fingerprint density at radius 2 is 1.76 bits per heavy atom. The van der Waals surface area contributed by atoms with Gasteiger partial charge in [0.25, 0.3) is 0 Å². The highest BCUT2D eigenvalue weighted by molar-refractivity contribution is 7.89. The molecule has 3 rings (SSSR count). The Balaban J connectivity index is 1.92. The second kappa shape index (κ2) is 6.54. The van der Waals surface area contributed by atoms with Gasteiger partial charge in [-0.25, -0.2) is 13.1 Å². The highest BCUT2D eigenvalue weighted by Gasteiger charge is 2.21. The van der Waals surface area contributed by atoms with E-state index in [1.807, 2.05) is 42.1 Å². The molecule has 1 N–H and O–H groups in total. The number of nitrogens with zero attached hydrogens (tertiary/aromatic N) is 1. The van der Waals surface area contributed by atoms with Crippen molar-refractivity contribution in [3.63, 3.8) is 0 Å². The molecule has 0 aliphatic rings. The fourth-order valence-electron chi connectivity index (χ4n) is 3.26. The summed E-state index contributed by atoms with van der Waals surface area (Å²) in [6.07, 6.45) is 1.96. The molecular weight excluding hydrogens is 336 g/mol. The van der Waals surface area contributed by atoms with Gasteiger partial charge in [0.05, 0.1) is 12.0 Å². The Bertz CT molecular complexity index is 1010. The molecule has 25 heavy (non-hydrogen) atoms. The van der Waals surface area contributed by atoms with E-state index in [0.29, 0.717) is 21.8 Å². The fraction of sp³-hybridized carbons (Fsp3) is 0.263. The smallest absolute Gasteiger partial charge is 0.241 e. The summed E-state index contributed by atoms with van der Waals surface area (Å²) in [6.45, 7) is 3.80. The number of nitrogens with one attached hydrogen (secondary N) is 1.